The average molecular weight is 373 g/mol. The zero-order valence-electron chi connectivity index (χ0n) is 15.6. The van der Waals surface area contributed by atoms with Crippen LogP contribution in [0.1, 0.15) is 16.2 Å². The molecule has 27 heavy (non-hydrogen) atoms. The molecule has 2 aromatic heterocycles. The zero-order valence-corrected chi connectivity index (χ0v) is 15.6. The number of hydrogen-bond donors (Lipinski definition) is 1. The van der Waals surface area contributed by atoms with Crippen LogP contribution in [-0.4, -0.2) is 47.2 Å². The van der Waals surface area contributed by atoms with Gasteiger partial charge in [0.15, 0.2) is 17.2 Å². The maximum atomic E-state index is 12.2. The van der Waals surface area contributed by atoms with Crippen LogP contribution in [0.15, 0.2) is 22.6 Å². The molecule has 3 rings (SSSR count). The van der Waals surface area contributed by atoms with Gasteiger partial charge in [-0.3, -0.25) is 14.8 Å². The number of amides is 1. The SMILES string of the molecule is COc1cc(-c2nnc(NC(=O)c3cc(C)n(C)n3)o2)cc(OC)c1OC. The number of benzene rings is 1. The first kappa shape index (κ1) is 18.2. The molecule has 0 spiro atoms. The second kappa shape index (κ2) is 7.36. The van der Waals surface area contributed by atoms with Gasteiger partial charge in [0.2, 0.25) is 11.6 Å². The van der Waals surface area contributed by atoms with E-state index in [9.17, 15) is 4.79 Å². The molecule has 0 fully saturated rings. The van der Waals surface area contributed by atoms with Gasteiger partial charge in [0.25, 0.3) is 5.91 Å². The highest BCUT2D eigenvalue weighted by Crippen LogP contribution is 2.41. The Kier molecular flexibility index (Phi) is 4.97. The smallest absolute Gasteiger partial charge is 0.322 e. The Bertz CT molecular complexity index is 934. The number of aromatic nitrogens is 4. The van der Waals surface area contributed by atoms with Crippen molar-refractivity contribution in [3.05, 3.63) is 29.6 Å². The molecule has 2 heterocycles. The molecular formula is C17H19N5O5. The van der Waals surface area contributed by atoms with Gasteiger partial charge in [-0.15, -0.1) is 5.10 Å². The quantitative estimate of drug-likeness (QED) is 0.698. The number of carbonyl (C=O) groups is 1. The van der Waals surface area contributed by atoms with Crippen molar-refractivity contribution in [2.75, 3.05) is 26.6 Å². The summed E-state index contributed by atoms with van der Waals surface area (Å²) < 4.78 is 23.0. The maximum absolute atomic E-state index is 12.2. The van der Waals surface area contributed by atoms with Gasteiger partial charge in [-0.2, -0.15) is 5.10 Å². The number of rotatable bonds is 6. The van der Waals surface area contributed by atoms with Crippen molar-refractivity contribution < 1.29 is 23.4 Å². The van der Waals surface area contributed by atoms with Crippen LogP contribution in [0.2, 0.25) is 0 Å². The van der Waals surface area contributed by atoms with Crippen molar-refractivity contribution in [1.82, 2.24) is 20.0 Å². The average Bonchev–Trinajstić information content (AvgIpc) is 3.27. The van der Waals surface area contributed by atoms with E-state index < -0.39 is 5.91 Å². The minimum atomic E-state index is -0.446. The molecule has 10 nitrogen and oxygen atoms in total. The van der Waals surface area contributed by atoms with Gasteiger partial charge in [-0.1, -0.05) is 5.10 Å². The largest absolute Gasteiger partial charge is 0.493 e. The van der Waals surface area contributed by atoms with Crippen LogP contribution < -0.4 is 19.5 Å². The van der Waals surface area contributed by atoms with Gasteiger partial charge in [-0.25, -0.2) is 0 Å². The van der Waals surface area contributed by atoms with Crippen LogP contribution >= 0.6 is 0 Å². The van der Waals surface area contributed by atoms with Crippen LogP contribution in [0.5, 0.6) is 17.2 Å². The number of methoxy groups -OCH3 is 3. The Morgan fingerprint density at radius 3 is 2.26 bits per heavy atom. The second-order valence-electron chi connectivity index (χ2n) is 5.58. The Hall–Kier alpha value is -3.56. The predicted molar refractivity (Wildman–Crippen MR) is 95.3 cm³/mol. The number of hydrogen-bond acceptors (Lipinski definition) is 8. The fourth-order valence-corrected chi connectivity index (χ4v) is 2.43. The van der Waals surface area contributed by atoms with E-state index in [1.807, 2.05) is 6.92 Å². The van der Waals surface area contributed by atoms with E-state index in [1.54, 1.807) is 29.9 Å². The van der Waals surface area contributed by atoms with Crippen LogP contribution in [0.4, 0.5) is 6.01 Å². The summed E-state index contributed by atoms with van der Waals surface area (Å²) in [6, 6.07) is 4.95. The monoisotopic (exact) mass is 373 g/mol. The van der Waals surface area contributed by atoms with Crippen molar-refractivity contribution in [1.29, 1.82) is 0 Å². The minimum Gasteiger partial charge on any atom is -0.493 e. The van der Waals surface area contributed by atoms with Crippen LogP contribution in [0, 0.1) is 6.92 Å². The molecule has 0 atom stereocenters. The summed E-state index contributed by atoms with van der Waals surface area (Å²) in [5.41, 5.74) is 1.65. The number of aryl methyl sites for hydroxylation is 2. The Balaban J connectivity index is 1.86. The second-order valence-corrected chi connectivity index (χ2v) is 5.58. The molecule has 142 valence electrons. The number of anilines is 1. The normalized spacial score (nSPS) is 10.6. The molecule has 0 radical (unpaired) electrons. The van der Waals surface area contributed by atoms with Crippen LogP contribution in [0.25, 0.3) is 11.5 Å². The van der Waals surface area contributed by atoms with Crippen molar-refractivity contribution in [3.63, 3.8) is 0 Å². The molecule has 0 aliphatic rings. The van der Waals surface area contributed by atoms with E-state index in [2.05, 4.69) is 20.6 Å². The molecule has 1 N–H and O–H groups in total. The third-order valence-electron chi connectivity index (χ3n) is 3.90. The van der Waals surface area contributed by atoms with Gasteiger partial charge in [0, 0.05) is 18.3 Å². The van der Waals surface area contributed by atoms with Gasteiger partial charge in [0.05, 0.1) is 21.3 Å². The highest BCUT2D eigenvalue weighted by atomic mass is 16.5. The van der Waals surface area contributed by atoms with E-state index in [0.29, 0.717) is 22.8 Å². The summed E-state index contributed by atoms with van der Waals surface area (Å²) in [5.74, 6) is 1.07. The van der Waals surface area contributed by atoms with E-state index >= 15 is 0 Å². The van der Waals surface area contributed by atoms with Crippen LogP contribution in [-0.2, 0) is 7.05 Å². The molecule has 1 aromatic carbocycles. The first-order valence-corrected chi connectivity index (χ1v) is 7.92. The number of carbonyl (C=O) groups excluding carboxylic acids is 1. The highest BCUT2D eigenvalue weighted by molar-refractivity contribution is 6.01. The van der Waals surface area contributed by atoms with E-state index in [-0.39, 0.29) is 17.6 Å². The fourth-order valence-electron chi connectivity index (χ4n) is 2.43. The molecule has 3 aromatic rings. The van der Waals surface area contributed by atoms with Crippen molar-refractivity contribution in [2.24, 2.45) is 7.05 Å². The molecule has 0 saturated heterocycles. The summed E-state index contributed by atoms with van der Waals surface area (Å²) in [4.78, 5) is 12.2. The third-order valence-corrected chi connectivity index (χ3v) is 3.90. The minimum absolute atomic E-state index is 0.0490. The standard InChI is InChI=1S/C17H19N5O5/c1-9-6-11(21-22(9)2)15(23)18-17-20-19-16(27-17)10-7-12(24-3)14(26-5)13(8-10)25-4/h6-8H,1-5H3,(H,18,20,23). The zero-order chi connectivity index (χ0) is 19.6. The van der Waals surface area contributed by atoms with Gasteiger partial charge in [0.1, 0.15) is 0 Å². The summed E-state index contributed by atoms with van der Waals surface area (Å²) >= 11 is 0. The van der Waals surface area contributed by atoms with Gasteiger partial charge < -0.3 is 18.6 Å². The van der Waals surface area contributed by atoms with E-state index in [4.69, 9.17) is 18.6 Å². The van der Waals surface area contributed by atoms with Crippen molar-refractivity contribution in [2.45, 2.75) is 6.92 Å². The first-order valence-electron chi connectivity index (χ1n) is 7.92. The first-order chi connectivity index (χ1) is 13.0. The Morgan fingerprint density at radius 2 is 1.74 bits per heavy atom. The molecule has 10 heteroatoms. The molecule has 1 amide bonds. The summed E-state index contributed by atoms with van der Waals surface area (Å²) in [5, 5.41) is 14.4. The summed E-state index contributed by atoms with van der Waals surface area (Å²) in [6.07, 6.45) is 0. The third kappa shape index (κ3) is 3.54. The molecular weight excluding hydrogens is 354 g/mol. The molecule has 0 aliphatic carbocycles. The topological polar surface area (TPSA) is 114 Å². The fraction of sp³-hybridized carbons (Fsp3) is 0.294. The lowest BCUT2D eigenvalue weighted by Crippen LogP contribution is -2.13. The Morgan fingerprint density at radius 1 is 1.07 bits per heavy atom. The van der Waals surface area contributed by atoms with Crippen LogP contribution in [0.3, 0.4) is 0 Å². The number of nitrogens with zero attached hydrogens (tertiary/aromatic N) is 4. The molecule has 0 saturated carbocycles. The van der Waals surface area contributed by atoms with Gasteiger partial charge >= 0.3 is 6.01 Å². The number of nitrogens with one attached hydrogen (secondary N) is 1. The molecule has 0 unspecified atom stereocenters. The molecule has 0 bridgehead atoms. The summed E-state index contributed by atoms with van der Waals surface area (Å²) in [7, 11) is 6.28. The Labute approximate surface area is 155 Å². The lowest BCUT2D eigenvalue weighted by atomic mass is 10.2. The van der Waals surface area contributed by atoms with Crippen molar-refractivity contribution in [3.8, 4) is 28.7 Å². The van der Waals surface area contributed by atoms with E-state index in [1.165, 1.54) is 21.3 Å². The molecule has 0 aliphatic heterocycles. The highest BCUT2D eigenvalue weighted by Gasteiger charge is 2.19. The lowest BCUT2D eigenvalue weighted by Gasteiger charge is -2.12. The van der Waals surface area contributed by atoms with Gasteiger partial charge in [-0.05, 0) is 25.1 Å². The maximum Gasteiger partial charge on any atom is 0.322 e. The van der Waals surface area contributed by atoms with Crippen molar-refractivity contribution >= 4 is 11.9 Å². The van der Waals surface area contributed by atoms with E-state index in [0.717, 1.165) is 5.69 Å². The number of ether oxygens (including phenoxy) is 3. The predicted octanol–water partition coefficient (Wildman–Crippen LogP) is 2.06. The summed E-state index contributed by atoms with van der Waals surface area (Å²) in [6.45, 7) is 1.85. The lowest BCUT2D eigenvalue weighted by molar-refractivity contribution is 0.101.